The van der Waals surface area contributed by atoms with Gasteiger partial charge >= 0.3 is 5.97 Å². The van der Waals surface area contributed by atoms with Gasteiger partial charge in [-0.2, -0.15) is 4.98 Å². The molecule has 8 nitrogen and oxygen atoms in total. The molecule has 0 aromatic carbocycles. The summed E-state index contributed by atoms with van der Waals surface area (Å²) < 4.78 is 10.2. The number of anilines is 1. The topological polar surface area (TPSA) is 103 Å². The molecule has 1 N–H and O–H groups in total. The van der Waals surface area contributed by atoms with E-state index in [1.165, 1.54) is 0 Å². The van der Waals surface area contributed by atoms with Gasteiger partial charge in [-0.1, -0.05) is 18.1 Å². The Bertz CT molecular complexity index is 848. The van der Waals surface area contributed by atoms with Crippen molar-refractivity contribution in [3.63, 3.8) is 0 Å². The predicted octanol–water partition coefficient (Wildman–Crippen LogP) is 2.36. The number of hydrogen-bond acceptors (Lipinski definition) is 8. The lowest BCUT2D eigenvalue weighted by atomic mass is 10.2. The normalized spacial score (nSPS) is 10.8. The van der Waals surface area contributed by atoms with E-state index >= 15 is 0 Å². The minimum atomic E-state index is -0.602. The van der Waals surface area contributed by atoms with Crippen molar-refractivity contribution in [2.75, 3.05) is 11.9 Å². The summed E-state index contributed by atoms with van der Waals surface area (Å²) >= 11 is 0. The van der Waals surface area contributed by atoms with E-state index in [2.05, 4.69) is 25.4 Å². The molecule has 0 atom stereocenters. The molecule has 0 aliphatic heterocycles. The minimum Gasteiger partial charge on any atom is -0.460 e. The van der Waals surface area contributed by atoms with Crippen LogP contribution < -0.4 is 5.32 Å². The monoisotopic (exact) mass is 327 g/mol. The molecule has 3 aromatic heterocycles. The van der Waals surface area contributed by atoms with Gasteiger partial charge in [0.25, 0.3) is 5.71 Å². The number of aromatic nitrogens is 4. The molecule has 0 amide bonds. The molecule has 124 valence electrons. The van der Waals surface area contributed by atoms with E-state index in [1.807, 2.05) is 25.1 Å². The Morgan fingerprint density at radius 1 is 1.29 bits per heavy atom. The lowest BCUT2D eigenvalue weighted by Crippen LogP contribution is -2.12. The predicted molar refractivity (Wildman–Crippen MR) is 86.5 cm³/mol. The van der Waals surface area contributed by atoms with Crippen molar-refractivity contribution >= 4 is 22.9 Å². The van der Waals surface area contributed by atoms with Crippen molar-refractivity contribution in [1.29, 1.82) is 0 Å². The highest BCUT2D eigenvalue weighted by Crippen LogP contribution is 2.25. The number of ether oxygens (including phenoxy) is 1. The molecule has 0 saturated heterocycles. The van der Waals surface area contributed by atoms with Gasteiger partial charge in [0.2, 0.25) is 5.82 Å². The van der Waals surface area contributed by atoms with Gasteiger partial charge in [-0.3, -0.25) is 4.98 Å². The standard InChI is InChI=1S/C16H17N5O3/c1-3-11-12-13(18-9-10-7-5-6-8-17-10)19-14(16(22)23-4-2)20-15(12)24-21-11/h5-8H,3-4,9H2,1-2H3,(H,18,19,20). The molecule has 3 heterocycles. The van der Waals surface area contributed by atoms with Crippen LogP contribution in [0.4, 0.5) is 5.82 Å². The number of carbonyl (C=O) groups excluding carboxylic acids is 1. The highest BCUT2D eigenvalue weighted by molar-refractivity contribution is 5.93. The molecule has 3 rings (SSSR count). The zero-order valence-electron chi connectivity index (χ0n) is 13.4. The van der Waals surface area contributed by atoms with Crippen molar-refractivity contribution in [3.05, 3.63) is 41.6 Å². The van der Waals surface area contributed by atoms with E-state index in [4.69, 9.17) is 9.26 Å². The van der Waals surface area contributed by atoms with Crippen LogP contribution in [0, 0.1) is 0 Å². The zero-order valence-corrected chi connectivity index (χ0v) is 13.4. The first-order valence-electron chi connectivity index (χ1n) is 7.70. The maximum absolute atomic E-state index is 11.9. The first kappa shape index (κ1) is 15.9. The number of hydrogen-bond donors (Lipinski definition) is 1. The molecule has 0 bridgehead atoms. The fourth-order valence-electron chi connectivity index (χ4n) is 2.24. The summed E-state index contributed by atoms with van der Waals surface area (Å²) in [6.45, 7) is 4.37. The van der Waals surface area contributed by atoms with Crippen molar-refractivity contribution in [1.82, 2.24) is 20.1 Å². The van der Waals surface area contributed by atoms with Gasteiger partial charge in [0.05, 0.1) is 24.5 Å². The number of fused-ring (bicyclic) bond motifs is 1. The summed E-state index contributed by atoms with van der Waals surface area (Å²) in [6, 6.07) is 5.65. The highest BCUT2D eigenvalue weighted by Gasteiger charge is 2.20. The van der Waals surface area contributed by atoms with Gasteiger partial charge in [0, 0.05) is 6.20 Å². The van der Waals surface area contributed by atoms with Gasteiger partial charge in [0.1, 0.15) is 11.2 Å². The van der Waals surface area contributed by atoms with Crippen LogP contribution in [0.5, 0.6) is 0 Å². The van der Waals surface area contributed by atoms with Gasteiger partial charge in [-0.05, 0) is 25.5 Å². The van der Waals surface area contributed by atoms with Crippen molar-refractivity contribution < 1.29 is 14.1 Å². The second-order valence-corrected chi connectivity index (χ2v) is 4.95. The van der Waals surface area contributed by atoms with Crippen LogP contribution in [0.2, 0.25) is 0 Å². The number of nitrogens with one attached hydrogen (secondary N) is 1. The van der Waals surface area contributed by atoms with Crippen LogP contribution in [-0.4, -0.2) is 32.7 Å². The molecule has 0 saturated carbocycles. The number of carbonyl (C=O) groups is 1. The second-order valence-electron chi connectivity index (χ2n) is 4.95. The fraction of sp³-hybridized carbons (Fsp3) is 0.312. The van der Waals surface area contributed by atoms with Gasteiger partial charge in [-0.15, -0.1) is 0 Å². The average Bonchev–Trinajstić information content (AvgIpc) is 3.04. The minimum absolute atomic E-state index is 0.0633. The molecule has 0 aliphatic carbocycles. The molecule has 0 radical (unpaired) electrons. The Morgan fingerprint density at radius 3 is 2.88 bits per heavy atom. The third-order valence-corrected chi connectivity index (χ3v) is 3.36. The van der Waals surface area contributed by atoms with E-state index in [1.54, 1.807) is 13.1 Å². The molecule has 0 unspecified atom stereocenters. The summed E-state index contributed by atoms with van der Waals surface area (Å²) in [6.07, 6.45) is 2.38. The Labute approximate surface area is 138 Å². The third kappa shape index (κ3) is 3.17. The summed E-state index contributed by atoms with van der Waals surface area (Å²) in [4.78, 5) is 24.6. The van der Waals surface area contributed by atoms with Gasteiger partial charge in [-0.25, -0.2) is 9.78 Å². The molecule has 0 fully saturated rings. The molecule has 0 spiro atoms. The summed E-state index contributed by atoms with van der Waals surface area (Å²) in [5.41, 5.74) is 1.83. The largest absolute Gasteiger partial charge is 0.460 e. The second kappa shape index (κ2) is 7.03. The molecule has 0 aliphatic rings. The van der Waals surface area contributed by atoms with Crippen molar-refractivity contribution in [2.45, 2.75) is 26.8 Å². The number of nitrogens with zero attached hydrogens (tertiary/aromatic N) is 4. The summed E-state index contributed by atoms with van der Waals surface area (Å²) in [5, 5.41) is 7.84. The molecular formula is C16H17N5O3. The lowest BCUT2D eigenvalue weighted by Gasteiger charge is -2.08. The highest BCUT2D eigenvalue weighted by atomic mass is 16.5. The van der Waals surface area contributed by atoms with Gasteiger partial charge < -0.3 is 14.6 Å². The van der Waals surface area contributed by atoms with Gasteiger partial charge in [0.15, 0.2) is 0 Å². The van der Waals surface area contributed by atoms with Crippen molar-refractivity contribution in [3.8, 4) is 0 Å². The third-order valence-electron chi connectivity index (χ3n) is 3.36. The summed E-state index contributed by atoms with van der Waals surface area (Å²) in [7, 11) is 0. The molecule has 24 heavy (non-hydrogen) atoms. The SMILES string of the molecule is CCOC(=O)c1nc(NCc2ccccn2)c2c(CC)noc2n1. The molecule has 8 heteroatoms. The Balaban J connectivity index is 1.98. The molecule has 3 aromatic rings. The lowest BCUT2D eigenvalue weighted by molar-refractivity contribution is 0.0512. The van der Waals surface area contributed by atoms with Crippen LogP contribution in [0.15, 0.2) is 28.9 Å². The van der Waals surface area contributed by atoms with E-state index in [0.29, 0.717) is 24.2 Å². The number of rotatable bonds is 6. The quantitative estimate of drug-likeness (QED) is 0.688. The average molecular weight is 327 g/mol. The van der Waals surface area contributed by atoms with Crippen LogP contribution >= 0.6 is 0 Å². The summed E-state index contributed by atoms with van der Waals surface area (Å²) in [5.74, 6) is -0.187. The maximum atomic E-state index is 11.9. The van der Waals surface area contributed by atoms with E-state index in [0.717, 1.165) is 11.4 Å². The van der Waals surface area contributed by atoms with Crippen LogP contribution in [0.1, 0.15) is 35.9 Å². The van der Waals surface area contributed by atoms with Crippen LogP contribution in [0.25, 0.3) is 11.1 Å². The van der Waals surface area contributed by atoms with Crippen LogP contribution in [0.3, 0.4) is 0 Å². The first-order chi connectivity index (χ1) is 11.7. The zero-order chi connectivity index (χ0) is 16.9. The Hall–Kier alpha value is -3.03. The fourth-order valence-corrected chi connectivity index (χ4v) is 2.24. The van der Waals surface area contributed by atoms with Crippen LogP contribution in [-0.2, 0) is 17.7 Å². The Kier molecular flexibility index (Phi) is 4.64. The smallest absolute Gasteiger partial charge is 0.376 e. The number of aryl methyl sites for hydroxylation is 1. The number of pyridine rings is 1. The van der Waals surface area contributed by atoms with E-state index in [9.17, 15) is 4.79 Å². The van der Waals surface area contributed by atoms with E-state index in [-0.39, 0.29) is 18.1 Å². The first-order valence-corrected chi connectivity index (χ1v) is 7.70. The van der Waals surface area contributed by atoms with E-state index < -0.39 is 5.97 Å². The Morgan fingerprint density at radius 2 is 2.17 bits per heavy atom. The number of esters is 1. The molecular weight excluding hydrogens is 310 g/mol. The maximum Gasteiger partial charge on any atom is 0.376 e. The van der Waals surface area contributed by atoms with Crippen molar-refractivity contribution in [2.24, 2.45) is 0 Å².